The fourth-order valence-electron chi connectivity index (χ4n) is 1.37. The Bertz CT molecular complexity index is 328. The highest BCUT2D eigenvalue weighted by atomic mass is 16.5. The highest BCUT2D eigenvalue weighted by molar-refractivity contribution is 6.55. The molecule has 3 heteroatoms. The molecule has 0 fully saturated rings. The minimum absolute atomic E-state index is 0.254. The highest BCUT2D eigenvalue weighted by Crippen LogP contribution is 2.24. The number of rotatable bonds is 2. The van der Waals surface area contributed by atoms with Crippen molar-refractivity contribution < 1.29 is 9.53 Å². The van der Waals surface area contributed by atoms with E-state index in [1.54, 1.807) is 0 Å². The van der Waals surface area contributed by atoms with Crippen molar-refractivity contribution in [2.24, 2.45) is 0 Å². The zero-order chi connectivity index (χ0) is 10.8. The number of ether oxygens (including phenoxy) is 1. The SMILES string of the molecule is BC(=O)OC(C)(C)c1ccc(C)cc1. The van der Waals surface area contributed by atoms with Crippen molar-refractivity contribution in [1.82, 2.24) is 0 Å². The summed E-state index contributed by atoms with van der Waals surface area (Å²) >= 11 is 0. The first-order valence-corrected chi connectivity index (χ1v) is 4.68. The summed E-state index contributed by atoms with van der Waals surface area (Å²) in [6.07, 6.45) is 0. The molecule has 0 saturated carbocycles. The standard InChI is InChI=1S/C11H15BO2/c1-8-4-6-9(7-5-8)11(2,3)14-10(12)13/h4-7H,12H2,1-3H3. The first-order valence-electron chi connectivity index (χ1n) is 4.68. The van der Waals surface area contributed by atoms with Gasteiger partial charge in [-0.1, -0.05) is 29.8 Å². The van der Waals surface area contributed by atoms with Crippen LogP contribution >= 0.6 is 0 Å². The Morgan fingerprint density at radius 2 is 1.79 bits per heavy atom. The Morgan fingerprint density at radius 3 is 2.21 bits per heavy atom. The maximum atomic E-state index is 10.9. The van der Waals surface area contributed by atoms with E-state index in [9.17, 15) is 4.79 Å². The summed E-state index contributed by atoms with van der Waals surface area (Å²) in [6.45, 7) is 5.81. The minimum atomic E-state index is -0.542. The van der Waals surface area contributed by atoms with E-state index in [4.69, 9.17) is 4.74 Å². The van der Waals surface area contributed by atoms with Gasteiger partial charge in [0.15, 0.2) is 0 Å². The molecule has 0 atom stereocenters. The second kappa shape index (κ2) is 3.87. The predicted molar refractivity (Wildman–Crippen MR) is 59.2 cm³/mol. The average molecular weight is 190 g/mol. The molecule has 0 spiro atoms. The normalized spacial score (nSPS) is 11.1. The molecule has 0 heterocycles. The first kappa shape index (κ1) is 10.8. The van der Waals surface area contributed by atoms with Gasteiger partial charge in [-0.2, -0.15) is 0 Å². The van der Waals surface area contributed by atoms with Gasteiger partial charge < -0.3 is 4.74 Å². The van der Waals surface area contributed by atoms with Gasteiger partial charge in [0.05, 0.1) is 0 Å². The van der Waals surface area contributed by atoms with Crippen molar-refractivity contribution >= 4 is 13.7 Å². The van der Waals surface area contributed by atoms with Crippen LogP contribution in [0.5, 0.6) is 0 Å². The number of hydrogen-bond donors (Lipinski definition) is 0. The Balaban J connectivity index is 2.91. The van der Waals surface area contributed by atoms with Crippen molar-refractivity contribution in [2.45, 2.75) is 26.4 Å². The van der Waals surface area contributed by atoms with E-state index in [-0.39, 0.29) is 5.87 Å². The summed E-state index contributed by atoms with van der Waals surface area (Å²) in [5, 5.41) is 0. The molecule has 0 amide bonds. The van der Waals surface area contributed by atoms with E-state index in [0.29, 0.717) is 0 Å². The summed E-state index contributed by atoms with van der Waals surface area (Å²) in [7, 11) is 1.43. The van der Waals surface area contributed by atoms with Crippen LogP contribution in [0.4, 0.5) is 4.79 Å². The number of carbonyl (C=O) groups is 1. The topological polar surface area (TPSA) is 26.3 Å². The lowest BCUT2D eigenvalue weighted by Gasteiger charge is -2.25. The van der Waals surface area contributed by atoms with Crippen molar-refractivity contribution in [2.75, 3.05) is 0 Å². The predicted octanol–water partition coefficient (Wildman–Crippen LogP) is 2.00. The zero-order valence-electron chi connectivity index (χ0n) is 9.13. The number of aryl methyl sites for hydroxylation is 1. The fraction of sp³-hybridized carbons (Fsp3) is 0.364. The molecule has 0 aliphatic carbocycles. The van der Waals surface area contributed by atoms with Gasteiger partial charge in [-0.3, -0.25) is 4.79 Å². The van der Waals surface area contributed by atoms with E-state index < -0.39 is 5.60 Å². The van der Waals surface area contributed by atoms with Crippen LogP contribution in [0, 0.1) is 6.92 Å². The van der Waals surface area contributed by atoms with Gasteiger partial charge in [0, 0.05) is 0 Å². The maximum absolute atomic E-state index is 10.9. The van der Waals surface area contributed by atoms with Crippen molar-refractivity contribution in [1.29, 1.82) is 0 Å². The van der Waals surface area contributed by atoms with Crippen molar-refractivity contribution in [3.05, 3.63) is 35.4 Å². The van der Waals surface area contributed by atoms with E-state index in [2.05, 4.69) is 0 Å². The fourth-order valence-corrected chi connectivity index (χ4v) is 1.37. The largest absolute Gasteiger partial charge is 0.463 e. The molecule has 0 aliphatic rings. The molecule has 14 heavy (non-hydrogen) atoms. The van der Waals surface area contributed by atoms with E-state index in [0.717, 1.165) is 5.56 Å². The van der Waals surface area contributed by atoms with Gasteiger partial charge >= 0.3 is 0 Å². The Morgan fingerprint density at radius 1 is 1.29 bits per heavy atom. The molecule has 74 valence electrons. The van der Waals surface area contributed by atoms with E-state index in [1.165, 1.54) is 13.4 Å². The summed E-state index contributed by atoms with van der Waals surface area (Å²) in [4.78, 5) is 10.9. The van der Waals surface area contributed by atoms with Gasteiger partial charge in [-0.05, 0) is 26.3 Å². The van der Waals surface area contributed by atoms with Crippen LogP contribution in [0.1, 0.15) is 25.0 Å². The molecular weight excluding hydrogens is 175 g/mol. The molecule has 0 N–H and O–H groups in total. The molecule has 1 aromatic carbocycles. The molecule has 0 bridgehead atoms. The summed E-state index contributed by atoms with van der Waals surface area (Å²) in [5.74, 6) is -0.254. The molecule has 1 rings (SSSR count). The molecule has 0 unspecified atom stereocenters. The second-order valence-corrected chi connectivity index (χ2v) is 3.97. The van der Waals surface area contributed by atoms with Gasteiger partial charge in [-0.25, -0.2) is 0 Å². The molecular formula is C11H15BO2. The quantitative estimate of drug-likeness (QED) is 0.666. The molecule has 0 saturated heterocycles. The Hall–Kier alpha value is -1.25. The molecule has 1 aromatic rings. The monoisotopic (exact) mass is 190 g/mol. The lowest BCUT2D eigenvalue weighted by atomic mass is 9.96. The number of hydrogen-bond acceptors (Lipinski definition) is 2. The van der Waals surface area contributed by atoms with Gasteiger partial charge in [0.25, 0.3) is 0 Å². The molecule has 0 aliphatic heterocycles. The Kier molecular flexibility index (Phi) is 2.99. The maximum Gasteiger partial charge on any atom is 0.243 e. The third-order valence-corrected chi connectivity index (χ3v) is 2.15. The first-order chi connectivity index (χ1) is 6.42. The summed E-state index contributed by atoms with van der Waals surface area (Å²) < 4.78 is 5.22. The van der Waals surface area contributed by atoms with E-state index >= 15 is 0 Å². The highest BCUT2D eigenvalue weighted by Gasteiger charge is 2.22. The average Bonchev–Trinajstić information content (AvgIpc) is 2.02. The minimum Gasteiger partial charge on any atom is -0.463 e. The van der Waals surface area contributed by atoms with Crippen LogP contribution in [0.2, 0.25) is 0 Å². The lowest BCUT2D eigenvalue weighted by molar-refractivity contribution is 0.0550. The van der Waals surface area contributed by atoms with E-state index in [1.807, 2.05) is 45.0 Å². The Labute approximate surface area is 85.7 Å². The second-order valence-electron chi connectivity index (χ2n) is 3.97. The van der Waals surface area contributed by atoms with Crippen LogP contribution in [0.3, 0.4) is 0 Å². The van der Waals surface area contributed by atoms with Crippen LogP contribution in [-0.2, 0) is 10.3 Å². The van der Waals surface area contributed by atoms with Crippen LogP contribution in [-0.4, -0.2) is 13.7 Å². The van der Waals surface area contributed by atoms with Crippen LogP contribution in [0.25, 0.3) is 0 Å². The lowest BCUT2D eigenvalue weighted by Crippen LogP contribution is -2.24. The molecule has 2 nitrogen and oxygen atoms in total. The summed E-state index contributed by atoms with van der Waals surface area (Å²) in [5.41, 5.74) is 1.67. The molecule has 0 aromatic heterocycles. The zero-order valence-corrected chi connectivity index (χ0v) is 9.13. The van der Waals surface area contributed by atoms with Crippen LogP contribution in [0.15, 0.2) is 24.3 Å². The number of carbonyl (C=O) groups excluding carboxylic acids is 1. The van der Waals surface area contributed by atoms with Gasteiger partial charge in [0.2, 0.25) is 13.7 Å². The summed E-state index contributed by atoms with van der Waals surface area (Å²) in [6, 6.07) is 8.00. The van der Waals surface area contributed by atoms with Crippen molar-refractivity contribution in [3.8, 4) is 0 Å². The molecule has 0 radical (unpaired) electrons. The smallest absolute Gasteiger partial charge is 0.243 e. The van der Waals surface area contributed by atoms with Gasteiger partial charge in [-0.15, -0.1) is 0 Å². The van der Waals surface area contributed by atoms with Crippen LogP contribution < -0.4 is 0 Å². The third-order valence-electron chi connectivity index (χ3n) is 2.15. The van der Waals surface area contributed by atoms with Gasteiger partial charge in [0.1, 0.15) is 5.60 Å². The van der Waals surface area contributed by atoms with Crippen molar-refractivity contribution in [3.63, 3.8) is 0 Å². The number of benzene rings is 1. The third kappa shape index (κ3) is 2.62.